The van der Waals surface area contributed by atoms with Gasteiger partial charge in [0.1, 0.15) is 23.3 Å². The predicted molar refractivity (Wildman–Crippen MR) is 87.3 cm³/mol. The lowest BCUT2D eigenvalue weighted by molar-refractivity contribution is 0.637. The smallest absolute Gasteiger partial charge is 0.132 e. The van der Waals surface area contributed by atoms with E-state index in [0.29, 0.717) is 0 Å². The summed E-state index contributed by atoms with van der Waals surface area (Å²) in [4.78, 5) is 22.3. The van der Waals surface area contributed by atoms with Crippen molar-refractivity contribution in [2.75, 3.05) is 36.0 Å². The van der Waals surface area contributed by atoms with Crippen LogP contribution >= 0.6 is 0 Å². The number of aromatic nitrogens is 4. The van der Waals surface area contributed by atoms with Gasteiger partial charge >= 0.3 is 0 Å². The summed E-state index contributed by atoms with van der Waals surface area (Å²) >= 11 is 0. The fraction of sp³-hybridized carbons (Fsp3) is 0.500. The number of aryl methyl sites for hydroxylation is 3. The average Bonchev–Trinajstić information content (AvgIpc) is 2.54. The average molecular weight is 298 g/mol. The predicted octanol–water partition coefficient (Wildman–Crippen LogP) is 1.77. The monoisotopic (exact) mass is 298 g/mol. The number of hydrogen-bond acceptors (Lipinski definition) is 6. The first-order valence-electron chi connectivity index (χ1n) is 7.80. The molecule has 1 aliphatic heterocycles. The van der Waals surface area contributed by atoms with Gasteiger partial charge in [0.2, 0.25) is 0 Å². The Kier molecular flexibility index (Phi) is 4.18. The summed E-state index contributed by atoms with van der Waals surface area (Å²) in [7, 11) is 0. The molecule has 0 amide bonds. The fourth-order valence-corrected chi connectivity index (χ4v) is 2.74. The van der Waals surface area contributed by atoms with Gasteiger partial charge in [-0.05, 0) is 26.3 Å². The second-order valence-corrected chi connectivity index (χ2v) is 5.55. The first-order chi connectivity index (χ1) is 10.7. The van der Waals surface area contributed by atoms with Crippen LogP contribution in [-0.2, 0) is 6.42 Å². The molecule has 0 bridgehead atoms. The molecule has 0 atom stereocenters. The van der Waals surface area contributed by atoms with Crippen LogP contribution in [0.2, 0.25) is 0 Å². The van der Waals surface area contributed by atoms with Crippen molar-refractivity contribution in [3.63, 3.8) is 0 Å². The molecule has 116 valence electrons. The zero-order valence-corrected chi connectivity index (χ0v) is 13.5. The minimum Gasteiger partial charge on any atom is -0.353 e. The second-order valence-electron chi connectivity index (χ2n) is 5.55. The highest BCUT2D eigenvalue weighted by molar-refractivity contribution is 5.45. The van der Waals surface area contributed by atoms with E-state index in [0.717, 1.165) is 61.6 Å². The van der Waals surface area contributed by atoms with E-state index in [1.807, 2.05) is 26.1 Å². The minimum atomic E-state index is 0.818. The quantitative estimate of drug-likeness (QED) is 0.861. The summed E-state index contributed by atoms with van der Waals surface area (Å²) in [6.07, 6.45) is 2.77. The molecular formula is C16H22N6. The van der Waals surface area contributed by atoms with E-state index >= 15 is 0 Å². The van der Waals surface area contributed by atoms with Crippen molar-refractivity contribution in [1.29, 1.82) is 0 Å². The van der Waals surface area contributed by atoms with Gasteiger partial charge in [0.05, 0.1) is 0 Å². The van der Waals surface area contributed by atoms with Crippen LogP contribution in [0.25, 0.3) is 0 Å². The summed E-state index contributed by atoms with van der Waals surface area (Å²) in [5.41, 5.74) is 1.11. The molecular weight excluding hydrogens is 276 g/mol. The highest BCUT2D eigenvalue weighted by Crippen LogP contribution is 2.18. The third-order valence-electron chi connectivity index (χ3n) is 3.93. The highest BCUT2D eigenvalue weighted by atomic mass is 15.3. The second kappa shape index (κ2) is 6.25. The molecule has 2 aromatic rings. The van der Waals surface area contributed by atoms with Crippen molar-refractivity contribution in [3.05, 3.63) is 35.7 Å². The number of piperazine rings is 1. The molecule has 6 heteroatoms. The van der Waals surface area contributed by atoms with E-state index in [9.17, 15) is 0 Å². The van der Waals surface area contributed by atoms with E-state index in [2.05, 4.69) is 42.7 Å². The van der Waals surface area contributed by atoms with E-state index in [-0.39, 0.29) is 0 Å². The number of rotatable bonds is 3. The van der Waals surface area contributed by atoms with Gasteiger partial charge < -0.3 is 9.80 Å². The Balaban J connectivity index is 1.70. The zero-order chi connectivity index (χ0) is 15.5. The first-order valence-corrected chi connectivity index (χ1v) is 7.80. The summed E-state index contributed by atoms with van der Waals surface area (Å²) in [6, 6.07) is 4.09. The van der Waals surface area contributed by atoms with Gasteiger partial charge in [-0.2, -0.15) is 0 Å². The molecule has 3 rings (SSSR count). The van der Waals surface area contributed by atoms with Crippen molar-refractivity contribution in [1.82, 2.24) is 19.9 Å². The highest BCUT2D eigenvalue weighted by Gasteiger charge is 2.19. The van der Waals surface area contributed by atoms with Crippen LogP contribution in [0.1, 0.15) is 24.3 Å². The minimum absolute atomic E-state index is 0.818. The Morgan fingerprint density at radius 1 is 0.909 bits per heavy atom. The summed E-state index contributed by atoms with van der Waals surface area (Å²) in [5, 5.41) is 0. The maximum Gasteiger partial charge on any atom is 0.132 e. The zero-order valence-electron chi connectivity index (χ0n) is 13.5. The molecule has 0 aromatic carbocycles. The third kappa shape index (κ3) is 3.16. The van der Waals surface area contributed by atoms with Crippen molar-refractivity contribution in [2.24, 2.45) is 0 Å². The molecule has 0 unspecified atom stereocenters. The number of hydrogen-bond donors (Lipinski definition) is 0. The van der Waals surface area contributed by atoms with Crippen molar-refractivity contribution >= 4 is 11.6 Å². The van der Waals surface area contributed by atoms with Gasteiger partial charge in [-0.15, -0.1) is 0 Å². The number of nitrogens with zero attached hydrogens (tertiary/aromatic N) is 6. The Morgan fingerprint density at radius 3 is 2.18 bits per heavy atom. The summed E-state index contributed by atoms with van der Waals surface area (Å²) < 4.78 is 0. The van der Waals surface area contributed by atoms with Crippen LogP contribution in [0.3, 0.4) is 0 Å². The van der Waals surface area contributed by atoms with E-state index < -0.39 is 0 Å². The molecule has 3 heterocycles. The largest absolute Gasteiger partial charge is 0.353 e. The first kappa shape index (κ1) is 14.7. The SMILES string of the molecule is CCc1cc(N2CCN(c3ccnc(C)n3)CC2)nc(C)n1. The molecule has 0 radical (unpaired) electrons. The molecule has 6 nitrogen and oxygen atoms in total. The standard InChI is InChI=1S/C16H22N6/c1-4-14-11-16(20-13(3)18-14)22-9-7-21(8-10-22)15-5-6-17-12(2)19-15/h5-6,11H,4,7-10H2,1-3H3. The van der Waals surface area contributed by atoms with Crippen molar-refractivity contribution < 1.29 is 0 Å². The van der Waals surface area contributed by atoms with Crippen LogP contribution < -0.4 is 9.80 Å². The Labute approximate surface area is 131 Å². The summed E-state index contributed by atoms with van der Waals surface area (Å²) in [5.74, 6) is 3.73. The molecule has 1 fully saturated rings. The van der Waals surface area contributed by atoms with Gasteiger partial charge in [-0.3, -0.25) is 0 Å². The lowest BCUT2D eigenvalue weighted by atomic mass is 10.2. The molecule has 0 spiro atoms. The van der Waals surface area contributed by atoms with Crippen LogP contribution in [0.4, 0.5) is 11.6 Å². The fourth-order valence-electron chi connectivity index (χ4n) is 2.74. The molecule has 0 saturated carbocycles. The van der Waals surface area contributed by atoms with E-state index in [4.69, 9.17) is 0 Å². The lowest BCUT2D eigenvalue weighted by Gasteiger charge is -2.36. The molecule has 0 aliphatic carbocycles. The van der Waals surface area contributed by atoms with Crippen LogP contribution in [-0.4, -0.2) is 46.1 Å². The van der Waals surface area contributed by atoms with Gasteiger partial charge in [0.15, 0.2) is 0 Å². The van der Waals surface area contributed by atoms with Crippen LogP contribution in [0.15, 0.2) is 18.3 Å². The maximum absolute atomic E-state index is 4.59. The Hall–Kier alpha value is -2.24. The summed E-state index contributed by atoms with van der Waals surface area (Å²) in [6.45, 7) is 9.80. The molecule has 2 aromatic heterocycles. The molecule has 22 heavy (non-hydrogen) atoms. The van der Waals surface area contributed by atoms with Gasteiger partial charge in [-0.1, -0.05) is 6.92 Å². The van der Waals surface area contributed by atoms with Crippen LogP contribution in [0.5, 0.6) is 0 Å². The van der Waals surface area contributed by atoms with Crippen molar-refractivity contribution in [2.45, 2.75) is 27.2 Å². The van der Waals surface area contributed by atoms with Crippen LogP contribution in [0, 0.1) is 13.8 Å². The lowest BCUT2D eigenvalue weighted by Crippen LogP contribution is -2.47. The maximum atomic E-state index is 4.59. The van der Waals surface area contributed by atoms with Crippen molar-refractivity contribution in [3.8, 4) is 0 Å². The molecule has 1 aliphatic rings. The topological polar surface area (TPSA) is 58.0 Å². The van der Waals surface area contributed by atoms with E-state index in [1.165, 1.54) is 0 Å². The van der Waals surface area contributed by atoms with Gasteiger partial charge in [0.25, 0.3) is 0 Å². The molecule has 0 N–H and O–H groups in total. The van der Waals surface area contributed by atoms with Gasteiger partial charge in [-0.25, -0.2) is 19.9 Å². The Bertz CT molecular complexity index is 649. The Morgan fingerprint density at radius 2 is 1.55 bits per heavy atom. The number of anilines is 2. The third-order valence-corrected chi connectivity index (χ3v) is 3.93. The van der Waals surface area contributed by atoms with Gasteiger partial charge in [0, 0.05) is 44.1 Å². The molecule has 1 saturated heterocycles. The van der Waals surface area contributed by atoms with E-state index in [1.54, 1.807) is 0 Å². The normalized spacial score (nSPS) is 15.2.